The third kappa shape index (κ3) is 3.45. The van der Waals surface area contributed by atoms with Crippen LogP contribution < -0.4 is 10.2 Å². The lowest BCUT2D eigenvalue weighted by Gasteiger charge is -2.06. The standard InChI is InChI=1S/C15H14N2O5/c1-22-13-7-9(6-12(19)14(13)20)8-16-17-15(21)10-2-4-11(18)5-3-10/h2-8,18-20H,1H3,(H,17,21)/b16-8+. The molecule has 0 fully saturated rings. The average molecular weight is 302 g/mol. The summed E-state index contributed by atoms with van der Waals surface area (Å²) in [7, 11) is 1.35. The molecule has 0 aliphatic carbocycles. The van der Waals surface area contributed by atoms with Gasteiger partial charge in [0.2, 0.25) is 5.75 Å². The summed E-state index contributed by atoms with van der Waals surface area (Å²) < 4.78 is 4.89. The van der Waals surface area contributed by atoms with E-state index in [9.17, 15) is 15.0 Å². The molecule has 7 heteroatoms. The Kier molecular flexibility index (Phi) is 4.47. The quantitative estimate of drug-likeness (QED) is 0.389. The second-order valence-corrected chi connectivity index (χ2v) is 4.34. The largest absolute Gasteiger partial charge is 0.508 e. The average Bonchev–Trinajstić information content (AvgIpc) is 2.51. The highest BCUT2D eigenvalue weighted by Gasteiger charge is 2.09. The van der Waals surface area contributed by atoms with Crippen LogP contribution in [0.2, 0.25) is 0 Å². The van der Waals surface area contributed by atoms with Gasteiger partial charge in [-0.1, -0.05) is 0 Å². The molecule has 0 unspecified atom stereocenters. The number of phenolic OH excluding ortho intramolecular Hbond substituents is 3. The van der Waals surface area contributed by atoms with Gasteiger partial charge in [0, 0.05) is 11.1 Å². The van der Waals surface area contributed by atoms with Crippen LogP contribution in [0.15, 0.2) is 41.5 Å². The molecule has 2 aromatic carbocycles. The monoisotopic (exact) mass is 302 g/mol. The SMILES string of the molecule is COc1cc(/C=N/NC(=O)c2ccc(O)cc2)cc(O)c1O. The summed E-state index contributed by atoms with van der Waals surface area (Å²) in [6.45, 7) is 0. The topological polar surface area (TPSA) is 111 Å². The van der Waals surface area contributed by atoms with Crippen LogP contribution in [0.1, 0.15) is 15.9 Å². The number of nitrogens with zero attached hydrogens (tertiary/aromatic N) is 1. The summed E-state index contributed by atoms with van der Waals surface area (Å²) in [5, 5.41) is 31.9. The van der Waals surface area contributed by atoms with E-state index in [-0.39, 0.29) is 23.0 Å². The van der Waals surface area contributed by atoms with Crippen molar-refractivity contribution in [3.63, 3.8) is 0 Å². The highest BCUT2D eigenvalue weighted by molar-refractivity contribution is 5.95. The van der Waals surface area contributed by atoms with Gasteiger partial charge in [-0.15, -0.1) is 0 Å². The van der Waals surface area contributed by atoms with Crippen molar-refractivity contribution in [2.45, 2.75) is 0 Å². The molecule has 0 radical (unpaired) electrons. The van der Waals surface area contributed by atoms with Gasteiger partial charge in [0.15, 0.2) is 11.5 Å². The molecule has 0 atom stereocenters. The third-order valence-electron chi connectivity index (χ3n) is 2.81. The predicted molar refractivity (Wildman–Crippen MR) is 79.5 cm³/mol. The molecule has 0 bridgehead atoms. The number of aromatic hydroxyl groups is 3. The fourth-order valence-corrected chi connectivity index (χ4v) is 1.69. The van der Waals surface area contributed by atoms with Crippen LogP contribution >= 0.6 is 0 Å². The molecule has 2 rings (SSSR count). The Morgan fingerprint density at radius 2 is 1.86 bits per heavy atom. The van der Waals surface area contributed by atoms with Crippen LogP contribution in [-0.2, 0) is 0 Å². The lowest BCUT2D eigenvalue weighted by molar-refractivity contribution is 0.0955. The van der Waals surface area contributed by atoms with E-state index >= 15 is 0 Å². The van der Waals surface area contributed by atoms with Crippen molar-refractivity contribution in [3.05, 3.63) is 47.5 Å². The van der Waals surface area contributed by atoms with Crippen molar-refractivity contribution in [1.82, 2.24) is 5.43 Å². The molecule has 22 heavy (non-hydrogen) atoms. The highest BCUT2D eigenvalue weighted by Crippen LogP contribution is 2.35. The predicted octanol–water partition coefficient (Wildman–Crippen LogP) is 1.58. The number of methoxy groups -OCH3 is 1. The van der Waals surface area contributed by atoms with E-state index in [1.54, 1.807) is 0 Å². The van der Waals surface area contributed by atoms with Gasteiger partial charge in [0.25, 0.3) is 5.91 Å². The maximum absolute atomic E-state index is 11.8. The van der Waals surface area contributed by atoms with Crippen molar-refractivity contribution in [1.29, 1.82) is 0 Å². The molecule has 0 saturated heterocycles. The first-order valence-corrected chi connectivity index (χ1v) is 6.23. The van der Waals surface area contributed by atoms with Crippen LogP contribution in [-0.4, -0.2) is 34.6 Å². The van der Waals surface area contributed by atoms with Gasteiger partial charge in [0.05, 0.1) is 13.3 Å². The second kappa shape index (κ2) is 6.49. The van der Waals surface area contributed by atoms with Crippen molar-refractivity contribution in [3.8, 4) is 23.0 Å². The zero-order chi connectivity index (χ0) is 16.1. The first-order valence-electron chi connectivity index (χ1n) is 6.23. The summed E-state index contributed by atoms with van der Waals surface area (Å²) in [5.41, 5.74) is 3.07. The van der Waals surface area contributed by atoms with Gasteiger partial charge in [-0.05, 0) is 36.4 Å². The Bertz CT molecular complexity index is 711. The molecular formula is C15H14N2O5. The number of hydrazone groups is 1. The fraction of sp³-hybridized carbons (Fsp3) is 0.0667. The van der Waals surface area contributed by atoms with E-state index in [0.717, 1.165) is 0 Å². The van der Waals surface area contributed by atoms with E-state index in [2.05, 4.69) is 10.5 Å². The molecule has 0 spiro atoms. The van der Waals surface area contributed by atoms with Crippen LogP contribution in [0.5, 0.6) is 23.0 Å². The second-order valence-electron chi connectivity index (χ2n) is 4.34. The Balaban J connectivity index is 2.08. The normalized spacial score (nSPS) is 10.6. The summed E-state index contributed by atoms with van der Waals surface area (Å²) in [6, 6.07) is 8.41. The summed E-state index contributed by atoms with van der Waals surface area (Å²) in [4.78, 5) is 11.8. The number of rotatable bonds is 4. The number of amides is 1. The number of phenols is 3. The van der Waals surface area contributed by atoms with Crippen molar-refractivity contribution < 1.29 is 24.9 Å². The maximum Gasteiger partial charge on any atom is 0.271 e. The number of benzene rings is 2. The number of carbonyl (C=O) groups is 1. The summed E-state index contributed by atoms with van der Waals surface area (Å²) in [6.07, 6.45) is 1.29. The minimum Gasteiger partial charge on any atom is -0.508 e. The van der Waals surface area contributed by atoms with Gasteiger partial charge in [0.1, 0.15) is 5.75 Å². The van der Waals surface area contributed by atoms with Crippen molar-refractivity contribution >= 4 is 12.1 Å². The fourth-order valence-electron chi connectivity index (χ4n) is 1.69. The highest BCUT2D eigenvalue weighted by atomic mass is 16.5. The van der Waals surface area contributed by atoms with E-state index in [4.69, 9.17) is 9.84 Å². The van der Waals surface area contributed by atoms with E-state index < -0.39 is 5.91 Å². The number of hydrogen-bond acceptors (Lipinski definition) is 6. The molecule has 2 aromatic rings. The lowest BCUT2D eigenvalue weighted by atomic mass is 10.2. The van der Waals surface area contributed by atoms with Crippen LogP contribution in [0.25, 0.3) is 0 Å². The van der Waals surface area contributed by atoms with Crippen LogP contribution in [0, 0.1) is 0 Å². The molecule has 0 saturated carbocycles. The van der Waals surface area contributed by atoms with Crippen LogP contribution in [0.4, 0.5) is 0 Å². The van der Waals surface area contributed by atoms with Gasteiger partial charge < -0.3 is 20.1 Å². The number of nitrogens with one attached hydrogen (secondary N) is 1. The first-order chi connectivity index (χ1) is 10.5. The minimum atomic E-state index is -0.453. The Morgan fingerprint density at radius 3 is 2.50 bits per heavy atom. The molecular weight excluding hydrogens is 288 g/mol. The Hall–Kier alpha value is -3.22. The van der Waals surface area contributed by atoms with Gasteiger partial charge in [-0.25, -0.2) is 5.43 Å². The smallest absolute Gasteiger partial charge is 0.271 e. The zero-order valence-electron chi connectivity index (χ0n) is 11.6. The molecule has 114 valence electrons. The maximum atomic E-state index is 11.8. The summed E-state index contributed by atoms with van der Waals surface area (Å²) >= 11 is 0. The molecule has 4 N–H and O–H groups in total. The number of hydrogen-bond donors (Lipinski definition) is 4. The molecule has 7 nitrogen and oxygen atoms in total. The van der Waals surface area contributed by atoms with Gasteiger partial charge in [-0.3, -0.25) is 4.79 Å². The number of ether oxygens (including phenoxy) is 1. The third-order valence-corrected chi connectivity index (χ3v) is 2.81. The van der Waals surface area contributed by atoms with Gasteiger partial charge >= 0.3 is 0 Å². The van der Waals surface area contributed by atoms with E-state index in [0.29, 0.717) is 11.1 Å². The Labute approximate surface area is 126 Å². The molecule has 1 amide bonds. The van der Waals surface area contributed by atoms with Crippen molar-refractivity contribution in [2.24, 2.45) is 5.10 Å². The zero-order valence-corrected chi connectivity index (χ0v) is 11.6. The first kappa shape index (κ1) is 15.2. The molecule has 0 heterocycles. The van der Waals surface area contributed by atoms with Crippen LogP contribution in [0.3, 0.4) is 0 Å². The lowest BCUT2D eigenvalue weighted by Crippen LogP contribution is -2.17. The summed E-state index contributed by atoms with van der Waals surface area (Å²) in [5.74, 6) is -1.03. The molecule has 0 aliphatic heterocycles. The molecule has 0 aromatic heterocycles. The van der Waals surface area contributed by atoms with E-state index in [1.807, 2.05) is 0 Å². The van der Waals surface area contributed by atoms with Crippen molar-refractivity contribution in [2.75, 3.05) is 7.11 Å². The van der Waals surface area contributed by atoms with Gasteiger partial charge in [-0.2, -0.15) is 5.10 Å². The number of carbonyl (C=O) groups excluding carboxylic acids is 1. The Morgan fingerprint density at radius 1 is 1.18 bits per heavy atom. The minimum absolute atomic E-state index is 0.0618. The molecule has 0 aliphatic rings. The van der Waals surface area contributed by atoms with E-state index in [1.165, 1.54) is 49.7 Å².